The highest BCUT2D eigenvalue weighted by Crippen LogP contribution is 2.67. The minimum atomic E-state index is -2.37. The number of carbonyl (C=O) groups is 7. The van der Waals surface area contributed by atoms with Gasteiger partial charge in [0.05, 0.1) is 42.8 Å². The van der Waals surface area contributed by atoms with Crippen molar-refractivity contribution in [3.63, 3.8) is 0 Å². The van der Waals surface area contributed by atoms with E-state index in [2.05, 4.69) is 5.32 Å². The number of nitrogens with one attached hydrogen (secondary N) is 1. The number of rotatable bonds is 10. The lowest BCUT2D eigenvalue weighted by Crippen LogP contribution is -2.83. The van der Waals surface area contributed by atoms with Crippen LogP contribution in [0.3, 0.4) is 0 Å². The number of ketones is 1. The largest absolute Gasteiger partial charge is 0.509 e. The molecule has 7 rings (SSSR count). The van der Waals surface area contributed by atoms with Crippen molar-refractivity contribution in [1.29, 1.82) is 0 Å². The molecule has 12 atom stereocenters. The average Bonchev–Trinajstić information content (AvgIpc) is 3.62. The number of hydrogen-bond donors (Lipinski definition) is 2. The number of hydrogen-bond acceptors (Lipinski definition) is 18. The van der Waals surface area contributed by atoms with Crippen LogP contribution in [0.2, 0.25) is 0 Å². The average molecular weight is 922 g/mol. The number of benzene rings is 2. The van der Waals surface area contributed by atoms with Gasteiger partial charge >= 0.3 is 36.3 Å². The summed E-state index contributed by atoms with van der Waals surface area (Å²) in [5, 5.41) is 14.4. The van der Waals surface area contributed by atoms with Gasteiger partial charge in [-0.2, -0.15) is 0 Å². The molecule has 2 N–H and O–H groups in total. The number of Topliss-reactive ketones (excluding diaryl/α,β-unsaturated/α-hetero) is 1. The topological polar surface area (TPSA) is 244 Å². The fourth-order valence-corrected chi connectivity index (χ4v) is 10.8. The summed E-state index contributed by atoms with van der Waals surface area (Å²) in [7, 11) is 2.37. The molecule has 2 saturated heterocycles. The summed E-state index contributed by atoms with van der Waals surface area (Å²) in [5.41, 5.74) is -8.66. The van der Waals surface area contributed by atoms with E-state index < -0.39 is 124 Å². The third-order valence-electron chi connectivity index (χ3n) is 13.6. The van der Waals surface area contributed by atoms with Crippen LogP contribution in [0.25, 0.3) is 0 Å². The summed E-state index contributed by atoms with van der Waals surface area (Å²) in [6.07, 6.45) is -15.3. The Morgan fingerprint density at radius 1 is 0.909 bits per heavy atom. The molecule has 5 aliphatic rings. The molecule has 2 aliphatic heterocycles. The number of fused-ring (bicyclic) bond motifs is 4. The van der Waals surface area contributed by atoms with E-state index in [1.165, 1.54) is 33.1 Å². The second kappa shape index (κ2) is 17.3. The molecule has 1 spiro atoms. The van der Waals surface area contributed by atoms with Gasteiger partial charge in [-0.15, -0.1) is 0 Å². The zero-order valence-corrected chi connectivity index (χ0v) is 38.3. The first-order chi connectivity index (χ1) is 31.0. The predicted octanol–water partition coefficient (Wildman–Crippen LogP) is 4.86. The van der Waals surface area contributed by atoms with Gasteiger partial charge in [0.25, 0.3) is 0 Å². The Bertz CT molecular complexity index is 2310. The van der Waals surface area contributed by atoms with Crippen LogP contribution < -0.4 is 5.32 Å². The molecule has 4 fully saturated rings. The third kappa shape index (κ3) is 7.73. The number of esters is 3. The smallest absolute Gasteiger partial charge is 0.454 e. The van der Waals surface area contributed by atoms with Crippen molar-refractivity contribution >= 4 is 42.1 Å². The maximum absolute atomic E-state index is 15.9. The molecule has 2 bridgehead atoms. The Balaban J connectivity index is 1.48. The van der Waals surface area contributed by atoms with Crippen molar-refractivity contribution in [2.24, 2.45) is 16.7 Å². The Morgan fingerprint density at radius 3 is 2.11 bits per heavy atom. The highest BCUT2D eigenvalue weighted by atomic mass is 16.8. The van der Waals surface area contributed by atoms with Crippen LogP contribution in [0, 0.1) is 16.7 Å². The Kier molecular flexibility index (Phi) is 12.6. The van der Waals surface area contributed by atoms with Crippen molar-refractivity contribution < 1.29 is 86.0 Å². The Morgan fingerprint density at radius 2 is 1.55 bits per heavy atom. The Hall–Kier alpha value is -6.05. The van der Waals surface area contributed by atoms with Gasteiger partial charge in [-0.1, -0.05) is 62.4 Å². The van der Waals surface area contributed by atoms with Crippen LogP contribution in [0.4, 0.5) is 14.4 Å². The first-order valence-corrected chi connectivity index (χ1v) is 21.4. The number of amides is 1. The molecule has 2 aromatic rings. The SMILES string of the molecule is COC(=O)O[C@H]1C(=O)[C@]2(C)[C@@H](OC)C[C@H]3OC[C@@]3(OC(C)=O)[C@H]2[C@H](OC(=O)c2ccccc2)[C@]23OC(=O)O[C@H]2[C@H](OC(=O)[C@H](O)[C@@H](NC(=O)OC(C)(C)C)c2ccccc2)C(C)=C1C3(C)C. The van der Waals surface area contributed by atoms with E-state index in [9.17, 15) is 33.9 Å². The minimum Gasteiger partial charge on any atom is -0.454 e. The second-order valence-electron chi connectivity index (χ2n) is 18.8. The minimum absolute atomic E-state index is 0.0117. The fourth-order valence-electron chi connectivity index (χ4n) is 10.8. The standard InChI is InChI=1S/C47H55NO18/c1-23-29-33(61-41(55)58-10)35(51)45(8)27(57-9)21-28-46(22-59-28,64-24(2)49)34(45)37(62-38(52)26-19-15-12-16-20-26)47(44(29,6)7)36(63-42(56)66-47)32(23)60-39(53)31(50)30(25-17-13-11-14-18-25)48-40(54)65-43(3,4)5/h11-20,27-28,30-34,36-37,50H,21-22H2,1-10H3,(H,48,54)/t27-,28+,30-,31+,32+,33+,34-,36-,37-,45+,46-,47+/m0/s1. The number of methoxy groups -OCH3 is 2. The van der Waals surface area contributed by atoms with E-state index in [1.807, 2.05) is 0 Å². The molecular weight excluding hydrogens is 867 g/mol. The summed E-state index contributed by atoms with van der Waals surface area (Å²) in [6, 6.07) is 14.3. The van der Waals surface area contributed by atoms with Gasteiger partial charge in [-0.25, -0.2) is 24.0 Å². The first-order valence-electron chi connectivity index (χ1n) is 21.4. The van der Waals surface area contributed by atoms with Crippen molar-refractivity contribution in [3.8, 4) is 0 Å². The molecule has 2 heterocycles. The van der Waals surface area contributed by atoms with E-state index in [0.717, 1.165) is 14.0 Å². The highest BCUT2D eigenvalue weighted by molar-refractivity contribution is 5.96. The number of aliphatic hydroxyl groups excluding tert-OH is 1. The normalized spacial score (nSPS) is 32.6. The molecule has 66 heavy (non-hydrogen) atoms. The fraction of sp³-hybridized carbons (Fsp3) is 0.553. The summed E-state index contributed by atoms with van der Waals surface area (Å²) in [6.45, 7) is 11.7. The number of ether oxygens (including phenoxy) is 10. The van der Waals surface area contributed by atoms with E-state index >= 15 is 4.79 Å². The van der Waals surface area contributed by atoms with E-state index in [1.54, 1.807) is 83.1 Å². The van der Waals surface area contributed by atoms with Gasteiger partial charge < -0.3 is 57.8 Å². The number of alkyl carbamates (subject to hydrolysis) is 1. The van der Waals surface area contributed by atoms with Gasteiger partial charge in [0.15, 0.2) is 41.9 Å². The lowest BCUT2D eigenvalue weighted by atomic mass is 9.44. The van der Waals surface area contributed by atoms with Crippen LogP contribution in [0.1, 0.15) is 83.8 Å². The predicted molar refractivity (Wildman–Crippen MR) is 224 cm³/mol. The lowest BCUT2D eigenvalue weighted by molar-refractivity contribution is -0.347. The molecule has 19 heteroatoms. The van der Waals surface area contributed by atoms with Gasteiger partial charge in [0, 0.05) is 25.9 Å². The Labute approximate surface area is 380 Å². The van der Waals surface area contributed by atoms with Gasteiger partial charge in [0.2, 0.25) is 5.60 Å². The molecule has 2 aromatic carbocycles. The summed E-state index contributed by atoms with van der Waals surface area (Å²) < 4.78 is 59.8. The van der Waals surface area contributed by atoms with Gasteiger partial charge in [-0.3, -0.25) is 9.59 Å². The van der Waals surface area contributed by atoms with Crippen LogP contribution in [0.15, 0.2) is 71.8 Å². The van der Waals surface area contributed by atoms with Crippen molar-refractivity contribution in [3.05, 3.63) is 82.9 Å². The second-order valence-corrected chi connectivity index (χ2v) is 18.8. The maximum atomic E-state index is 15.9. The van der Waals surface area contributed by atoms with Crippen molar-refractivity contribution in [2.75, 3.05) is 20.8 Å². The van der Waals surface area contributed by atoms with Crippen LogP contribution >= 0.6 is 0 Å². The third-order valence-corrected chi connectivity index (χ3v) is 13.6. The van der Waals surface area contributed by atoms with Crippen LogP contribution in [0.5, 0.6) is 0 Å². The summed E-state index contributed by atoms with van der Waals surface area (Å²) in [4.78, 5) is 99.0. The summed E-state index contributed by atoms with van der Waals surface area (Å²) in [5.74, 6) is -5.52. The molecule has 3 aliphatic carbocycles. The molecule has 19 nitrogen and oxygen atoms in total. The van der Waals surface area contributed by atoms with Crippen molar-refractivity contribution in [2.45, 2.75) is 127 Å². The quantitative estimate of drug-likeness (QED) is 0.184. The summed E-state index contributed by atoms with van der Waals surface area (Å²) >= 11 is 0. The molecule has 2 saturated carbocycles. The zero-order chi connectivity index (χ0) is 48.3. The zero-order valence-electron chi connectivity index (χ0n) is 38.3. The van der Waals surface area contributed by atoms with E-state index in [0.29, 0.717) is 0 Å². The molecular formula is C47H55NO18. The van der Waals surface area contributed by atoms with Crippen LogP contribution in [-0.4, -0.2) is 128 Å². The lowest BCUT2D eigenvalue weighted by Gasteiger charge is -2.67. The molecule has 1 amide bonds. The van der Waals surface area contributed by atoms with E-state index in [-0.39, 0.29) is 35.3 Å². The molecule has 356 valence electrons. The van der Waals surface area contributed by atoms with Gasteiger partial charge in [-0.05, 0) is 63.5 Å². The first kappa shape index (κ1) is 47.9. The van der Waals surface area contributed by atoms with E-state index in [4.69, 9.17) is 47.4 Å². The number of aliphatic hydroxyl groups is 1. The number of carbonyl (C=O) groups excluding carboxylic acids is 7. The van der Waals surface area contributed by atoms with Crippen molar-refractivity contribution in [1.82, 2.24) is 5.32 Å². The molecule has 0 unspecified atom stereocenters. The molecule has 0 radical (unpaired) electrons. The maximum Gasteiger partial charge on any atom is 0.509 e. The van der Waals surface area contributed by atoms with Gasteiger partial charge in [0.1, 0.15) is 11.7 Å². The van der Waals surface area contributed by atoms with Crippen LogP contribution in [-0.2, 0) is 61.8 Å². The highest BCUT2D eigenvalue weighted by Gasteiger charge is 2.83. The monoisotopic (exact) mass is 921 g/mol. The molecule has 0 aromatic heterocycles.